The van der Waals surface area contributed by atoms with Gasteiger partial charge >= 0.3 is 0 Å². The van der Waals surface area contributed by atoms with Crippen molar-refractivity contribution in [2.24, 2.45) is 0 Å². The summed E-state index contributed by atoms with van der Waals surface area (Å²) in [6, 6.07) is 8.52. The number of piperidine rings is 1. The molecule has 0 amide bonds. The van der Waals surface area contributed by atoms with Crippen LogP contribution in [0.3, 0.4) is 0 Å². The van der Waals surface area contributed by atoms with E-state index in [2.05, 4.69) is 43.4 Å². The van der Waals surface area contributed by atoms with Crippen molar-refractivity contribution < 1.29 is 5.11 Å². The molecule has 2 nitrogen and oxygen atoms in total. The van der Waals surface area contributed by atoms with Gasteiger partial charge in [-0.15, -0.1) is 0 Å². The van der Waals surface area contributed by atoms with Crippen LogP contribution in [-0.2, 0) is 5.54 Å². The van der Waals surface area contributed by atoms with E-state index in [0.29, 0.717) is 0 Å². The maximum Gasteiger partial charge on any atom is 0.0573 e. The van der Waals surface area contributed by atoms with E-state index in [1.807, 2.05) is 0 Å². The molecule has 2 rings (SSSR count). The topological polar surface area (TPSA) is 32.3 Å². The Balaban J connectivity index is 2.28. The van der Waals surface area contributed by atoms with E-state index in [1.165, 1.54) is 11.1 Å². The molecule has 0 radical (unpaired) electrons. The zero-order chi connectivity index (χ0) is 10.9. The summed E-state index contributed by atoms with van der Waals surface area (Å²) >= 11 is 0. The van der Waals surface area contributed by atoms with Gasteiger partial charge in [-0.05, 0) is 38.8 Å². The first-order valence-electron chi connectivity index (χ1n) is 5.60. The van der Waals surface area contributed by atoms with Crippen molar-refractivity contribution >= 4 is 0 Å². The lowest BCUT2D eigenvalue weighted by Gasteiger charge is -2.38. The number of aryl methyl sites for hydroxylation is 1. The van der Waals surface area contributed by atoms with Crippen molar-refractivity contribution in [2.75, 3.05) is 6.54 Å². The number of aliphatic hydroxyl groups is 1. The molecule has 1 saturated heterocycles. The van der Waals surface area contributed by atoms with Gasteiger partial charge in [-0.1, -0.05) is 29.8 Å². The number of hydrogen-bond donors (Lipinski definition) is 2. The molecular formula is C13H19NO. The summed E-state index contributed by atoms with van der Waals surface area (Å²) in [5, 5.41) is 13.2. The summed E-state index contributed by atoms with van der Waals surface area (Å²) < 4.78 is 0. The molecule has 1 aromatic rings. The van der Waals surface area contributed by atoms with Crippen LogP contribution in [0.15, 0.2) is 24.3 Å². The fourth-order valence-corrected chi connectivity index (χ4v) is 2.37. The highest BCUT2D eigenvalue weighted by molar-refractivity contribution is 5.29. The molecule has 2 N–H and O–H groups in total. The minimum absolute atomic E-state index is 0.0658. The molecule has 1 fully saturated rings. The maximum atomic E-state index is 9.74. The average Bonchev–Trinajstić information content (AvgIpc) is 2.17. The Morgan fingerprint density at radius 3 is 2.93 bits per heavy atom. The lowest BCUT2D eigenvalue weighted by molar-refractivity contribution is 0.0835. The van der Waals surface area contributed by atoms with Crippen LogP contribution in [0.1, 0.15) is 30.9 Å². The fraction of sp³-hybridized carbons (Fsp3) is 0.538. The zero-order valence-electron chi connectivity index (χ0n) is 9.46. The molecule has 2 atom stereocenters. The van der Waals surface area contributed by atoms with E-state index >= 15 is 0 Å². The summed E-state index contributed by atoms with van der Waals surface area (Å²) in [6.07, 6.45) is 1.49. The third-order valence-electron chi connectivity index (χ3n) is 3.29. The Hall–Kier alpha value is -0.860. The van der Waals surface area contributed by atoms with Crippen molar-refractivity contribution in [1.29, 1.82) is 0 Å². The minimum Gasteiger partial charge on any atom is -0.393 e. The van der Waals surface area contributed by atoms with E-state index in [1.54, 1.807) is 0 Å². The summed E-state index contributed by atoms with van der Waals surface area (Å²) in [6.45, 7) is 5.17. The molecule has 1 heterocycles. The van der Waals surface area contributed by atoms with E-state index in [0.717, 1.165) is 19.4 Å². The van der Waals surface area contributed by atoms with Gasteiger partial charge in [-0.2, -0.15) is 0 Å². The van der Waals surface area contributed by atoms with Crippen LogP contribution in [-0.4, -0.2) is 17.8 Å². The van der Waals surface area contributed by atoms with Crippen LogP contribution in [0.25, 0.3) is 0 Å². The molecule has 2 heteroatoms. The molecule has 15 heavy (non-hydrogen) atoms. The van der Waals surface area contributed by atoms with E-state index in [-0.39, 0.29) is 11.6 Å². The monoisotopic (exact) mass is 205 g/mol. The second kappa shape index (κ2) is 3.95. The highest BCUT2D eigenvalue weighted by Gasteiger charge is 2.32. The predicted molar refractivity (Wildman–Crippen MR) is 61.8 cm³/mol. The first-order valence-corrected chi connectivity index (χ1v) is 5.60. The lowest BCUT2D eigenvalue weighted by Crippen LogP contribution is -2.47. The predicted octanol–water partition coefficient (Wildman–Crippen LogP) is 1.95. The van der Waals surface area contributed by atoms with Crippen molar-refractivity contribution in [3.63, 3.8) is 0 Å². The Kier molecular flexibility index (Phi) is 2.81. The van der Waals surface area contributed by atoms with Gasteiger partial charge in [0.1, 0.15) is 0 Å². The van der Waals surface area contributed by atoms with Crippen molar-refractivity contribution in [3.8, 4) is 0 Å². The molecule has 0 aliphatic carbocycles. The SMILES string of the molecule is Cc1cccc(C2(C)CC(O)CCN2)c1. The number of benzene rings is 1. The van der Waals surface area contributed by atoms with E-state index < -0.39 is 0 Å². The summed E-state index contributed by atoms with van der Waals surface area (Å²) in [5.74, 6) is 0. The number of nitrogens with one attached hydrogen (secondary N) is 1. The quantitative estimate of drug-likeness (QED) is 0.734. The fourth-order valence-electron chi connectivity index (χ4n) is 2.37. The average molecular weight is 205 g/mol. The van der Waals surface area contributed by atoms with Crippen LogP contribution >= 0.6 is 0 Å². The molecule has 0 saturated carbocycles. The number of rotatable bonds is 1. The van der Waals surface area contributed by atoms with Gasteiger partial charge < -0.3 is 10.4 Å². The highest BCUT2D eigenvalue weighted by atomic mass is 16.3. The largest absolute Gasteiger partial charge is 0.393 e. The molecule has 0 aromatic heterocycles. The maximum absolute atomic E-state index is 9.74. The van der Waals surface area contributed by atoms with Crippen LogP contribution in [0, 0.1) is 6.92 Å². The molecule has 82 valence electrons. The summed E-state index contributed by atoms with van der Waals surface area (Å²) in [4.78, 5) is 0. The van der Waals surface area contributed by atoms with Crippen molar-refractivity contribution in [3.05, 3.63) is 35.4 Å². The minimum atomic E-state index is -0.170. The summed E-state index contributed by atoms with van der Waals surface area (Å²) in [7, 11) is 0. The van der Waals surface area contributed by atoms with Gasteiger partial charge in [0.05, 0.1) is 6.10 Å². The smallest absolute Gasteiger partial charge is 0.0573 e. The third kappa shape index (κ3) is 2.21. The van der Waals surface area contributed by atoms with Crippen LogP contribution < -0.4 is 5.32 Å². The second-order valence-corrected chi connectivity index (χ2v) is 4.77. The first-order chi connectivity index (χ1) is 7.10. The van der Waals surface area contributed by atoms with Crippen LogP contribution in [0.2, 0.25) is 0 Å². The van der Waals surface area contributed by atoms with E-state index in [9.17, 15) is 5.11 Å². The van der Waals surface area contributed by atoms with Gasteiger partial charge in [-0.3, -0.25) is 0 Å². The molecule has 2 unspecified atom stereocenters. The molecule has 0 spiro atoms. The number of hydrogen-bond acceptors (Lipinski definition) is 2. The van der Waals surface area contributed by atoms with Gasteiger partial charge in [-0.25, -0.2) is 0 Å². The normalized spacial score (nSPS) is 31.5. The second-order valence-electron chi connectivity index (χ2n) is 4.77. The Morgan fingerprint density at radius 1 is 1.47 bits per heavy atom. The molecule has 1 aliphatic heterocycles. The molecule has 1 aliphatic rings. The molecular weight excluding hydrogens is 186 g/mol. The Bertz CT molecular complexity index is 350. The third-order valence-corrected chi connectivity index (χ3v) is 3.29. The van der Waals surface area contributed by atoms with Crippen LogP contribution in [0.5, 0.6) is 0 Å². The van der Waals surface area contributed by atoms with E-state index in [4.69, 9.17) is 0 Å². The zero-order valence-corrected chi connectivity index (χ0v) is 9.46. The van der Waals surface area contributed by atoms with Gasteiger partial charge in [0, 0.05) is 5.54 Å². The standard InChI is InChI=1S/C13H19NO/c1-10-4-3-5-11(8-10)13(2)9-12(15)6-7-14-13/h3-5,8,12,14-15H,6-7,9H2,1-2H3. The van der Waals surface area contributed by atoms with Crippen molar-refractivity contribution in [2.45, 2.75) is 38.3 Å². The van der Waals surface area contributed by atoms with Gasteiger partial charge in [0.15, 0.2) is 0 Å². The van der Waals surface area contributed by atoms with Crippen LogP contribution in [0.4, 0.5) is 0 Å². The molecule has 1 aromatic carbocycles. The lowest BCUT2D eigenvalue weighted by atomic mass is 9.82. The van der Waals surface area contributed by atoms with Crippen molar-refractivity contribution in [1.82, 2.24) is 5.32 Å². The molecule has 0 bridgehead atoms. The Labute approximate surface area is 91.3 Å². The summed E-state index contributed by atoms with van der Waals surface area (Å²) in [5.41, 5.74) is 2.49. The highest BCUT2D eigenvalue weighted by Crippen LogP contribution is 2.30. The van der Waals surface area contributed by atoms with Gasteiger partial charge in [0.25, 0.3) is 0 Å². The number of aliphatic hydroxyl groups excluding tert-OH is 1. The van der Waals surface area contributed by atoms with Gasteiger partial charge in [0.2, 0.25) is 0 Å². The Morgan fingerprint density at radius 2 is 2.27 bits per heavy atom. The first kappa shape index (κ1) is 10.7.